The van der Waals surface area contributed by atoms with Crippen LogP contribution in [0.5, 0.6) is 0 Å². The van der Waals surface area contributed by atoms with E-state index in [1.54, 1.807) is 12.3 Å². The van der Waals surface area contributed by atoms with Crippen LogP contribution in [0, 0.1) is 28.6 Å². The molecule has 4 rings (SSSR count). The predicted molar refractivity (Wildman–Crippen MR) is 106 cm³/mol. The van der Waals surface area contributed by atoms with Gasteiger partial charge in [0.1, 0.15) is 12.2 Å². The summed E-state index contributed by atoms with van der Waals surface area (Å²) in [4.78, 5) is 37.8. The van der Waals surface area contributed by atoms with Crippen LogP contribution < -0.4 is 0 Å². The van der Waals surface area contributed by atoms with Crippen LogP contribution in [0.1, 0.15) is 58.1 Å². The summed E-state index contributed by atoms with van der Waals surface area (Å²) in [6.45, 7) is 5.30. The van der Waals surface area contributed by atoms with Gasteiger partial charge in [-0.3, -0.25) is 14.4 Å². The van der Waals surface area contributed by atoms with Crippen molar-refractivity contribution in [2.45, 2.75) is 64.8 Å². The minimum Gasteiger partial charge on any atom is -0.472 e. The van der Waals surface area contributed by atoms with Gasteiger partial charge in [-0.25, -0.2) is 0 Å². The highest BCUT2D eigenvalue weighted by Crippen LogP contribution is 2.66. The monoisotopic (exact) mass is 434 g/mol. The van der Waals surface area contributed by atoms with Crippen molar-refractivity contribution in [3.8, 4) is 0 Å². The number of methoxy groups -OCH3 is 1. The van der Waals surface area contributed by atoms with Crippen molar-refractivity contribution in [3.63, 3.8) is 0 Å². The van der Waals surface area contributed by atoms with E-state index in [0.29, 0.717) is 19.3 Å². The summed E-state index contributed by atoms with van der Waals surface area (Å²) < 4.78 is 21.7. The maximum Gasteiger partial charge on any atom is 0.310 e. The maximum absolute atomic E-state index is 13.1. The zero-order chi connectivity index (χ0) is 22.6. The van der Waals surface area contributed by atoms with Crippen LogP contribution in [0.2, 0.25) is 0 Å². The molecule has 1 aliphatic heterocycles. The van der Waals surface area contributed by atoms with Gasteiger partial charge < -0.3 is 23.7 Å². The highest BCUT2D eigenvalue weighted by atomic mass is 16.6. The predicted octanol–water partition coefficient (Wildman–Crippen LogP) is 2.79. The molecule has 1 N–H and O–H groups in total. The van der Waals surface area contributed by atoms with E-state index in [1.165, 1.54) is 20.3 Å². The van der Waals surface area contributed by atoms with Gasteiger partial charge in [0, 0.05) is 18.4 Å². The Hall–Kier alpha value is -2.35. The van der Waals surface area contributed by atoms with Gasteiger partial charge in [0.15, 0.2) is 0 Å². The average molecular weight is 434 g/mol. The fourth-order valence-corrected chi connectivity index (χ4v) is 6.73. The molecule has 0 bridgehead atoms. The molecule has 2 saturated carbocycles. The smallest absolute Gasteiger partial charge is 0.310 e. The summed E-state index contributed by atoms with van der Waals surface area (Å²) in [6, 6.07) is 1.76. The molecule has 0 amide bonds. The van der Waals surface area contributed by atoms with Crippen LogP contribution in [0.15, 0.2) is 23.0 Å². The lowest BCUT2D eigenvalue weighted by Gasteiger charge is -2.63. The number of fused-ring (bicyclic) bond motifs is 3. The number of furan rings is 1. The van der Waals surface area contributed by atoms with Crippen LogP contribution >= 0.6 is 0 Å². The molecule has 31 heavy (non-hydrogen) atoms. The second kappa shape index (κ2) is 7.65. The Labute approximate surface area is 181 Å². The molecule has 8 atom stereocenters. The third-order valence-electron chi connectivity index (χ3n) is 8.04. The van der Waals surface area contributed by atoms with E-state index in [9.17, 15) is 19.5 Å². The van der Waals surface area contributed by atoms with Crippen molar-refractivity contribution in [2.75, 3.05) is 7.11 Å². The largest absolute Gasteiger partial charge is 0.472 e. The Morgan fingerprint density at radius 3 is 2.61 bits per heavy atom. The standard InChI is InChI=1S/C23H30O8/c1-12(24)30-18-16(25)9-15(20(26)28-4)22(2)7-5-14-21(27)31-17(13-6-8-29-11-13)10-23(14,3)19(18)22/h6,8,11,14-19,25H,5,7,9-10H2,1-4H3/t14-,15+,16+,17+,18+,19?,22+,23+/m1/s1. The van der Waals surface area contributed by atoms with Crippen LogP contribution in [0.25, 0.3) is 0 Å². The Balaban J connectivity index is 1.82. The van der Waals surface area contributed by atoms with E-state index >= 15 is 0 Å². The van der Waals surface area contributed by atoms with Gasteiger partial charge in [-0.05, 0) is 42.6 Å². The summed E-state index contributed by atoms with van der Waals surface area (Å²) >= 11 is 0. The Bertz CT molecular complexity index is 863. The van der Waals surface area contributed by atoms with Crippen molar-refractivity contribution in [1.29, 1.82) is 0 Å². The number of esters is 3. The molecule has 8 nitrogen and oxygen atoms in total. The van der Waals surface area contributed by atoms with Gasteiger partial charge in [-0.2, -0.15) is 0 Å². The number of ether oxygens (including phenoxy) is 3. The third kappa shape index (κ3) is 3.35. The summed E-state index contributed by atoms with van der Waals surface area (Å²) in [5.74, 6) is -2.61. The SMILES string of the molecule is COC(=O)[C@@H]1C[C@H](O)[C@H](OC(C)=O)C2[C@@]3(C)C[C@@H](c4ccoc4)OC(=O)[C@H]3CC[C@]21C. The lowest BCUT2D eigenvalue weighted by Crippen LogP contribution is -2.66. The van der Waals surface area contributed by atoms with E-state index in [4.69, 9.17) is 18.6 Å². The summed E-state index contributed by atoms with van der Waals surface area (Å²) in [5, 5.41) is 11.0. The lowest BCUT2D eigenvalue weighted by molar-refractivity contribution is -0.242. The van der Waals surface area contributed by atoms with E-state index in [2.05, 4.69) is 0 Å². The Kier molecular flexibility index (Phi) is 5.40. The zero-order valence-corrected chi connectivity index (χ0v) is 18.3. The highest BCUT2D eigenvalue weighted by Gasteiger charge is 2.68. The van der Waals surface area contributed by atoms with E-state index < -0.39 is 52.9 Å². The minimum absolute atomic E-state index is 0.147. The first-order valence-corrected chi connectivity index (χ1v) is 10.8. The number of carbonyl (C=O) groups is 3. The molecular weight excluding hydrogens is 404 g/mol. The first kappa shape index (κ1) is 21.9. The number of aliphatic hydroxyl groups excluding tert-OH is 1. The highest BCUT2D eigenvalue weighted by molar-refractivity contribution is 5.76. The maximum atomic E-state index is 13.1. The Morgan fingerprint density at radius 1 is 1.26 bits per heavy atom. The molecular formula is C23H30O8. The number of rotatable bonds is 3. The molecule has 2 heterocycles. The fraction of sp³-hybridized carbons (Fsp3) is 0.696. The molecule has 1 aromatic heterocycles. The number of carbonyl (C=O) groups excluding carboxylic acids is 3. The van der Waals surface area contributed by atoms with Crippen molar-refractivity contribution < 1.29 is 38.1 Å². The van der Waals surface area contributed by atoms with Crippen molar-refractivity contribution in [1.82, 2.24) is 0 Å². The first-order chi connectivity index (χ1) is 14.6. The first-order valence-electron chi connectivity index (χ1n) is 10.8. The second-order valence-corrected chi connectivity index (χ2v) is 9.72. The lowest BCUT2D eigenvalue weighted by atomic mass is 9.42. The van der Waals surface area contributed by atoms with Crippen LogP contribution in [0.3, 0.4) is 0 Å². The number of cyclic esters (lactones) is 1. The molecule has 1 aromatic rings. The van der Waals surface area contributed by atoms with Crippen LogP contribution in [-0.2, 0) is 28.6 Å². The normalized spacial score (nSPS) is 42.0. The number of aliphatic hydroxyl groups is 1. The third-order valence-corrected chi connectivity index (χ3v) is 8.04. The molecule has 0 spiro atoms. The van der Waals surface area contributed by atoms with Gasteiger partial charge >= 0.3 is 17.9 Å². The molecule has 1 saturated heterocycles. The van der Waals surface area contributed by atoms with Gasteiger partial charge in [0.05, 0.1) is 37.6 Å². The van der Waals surface area contributed by atoms with E-state index in [-0.39, 0.29) is 18.4 Å². The van der Waals surface area contributed by atoms with E-state index in [0.717, 1.165) is 5.56 Å². The molecule has 3 aliphatic rings. The van der Waals surface area contributed by atoms with Crippen molar-refractivity contribution in [3.05, 3.63) is 24.2 Å². The number of hydrogen-bond donors (Lipinski definition) is 1. The van der Waals surface area contributed by atoms with Crippen LogP contribution in [-0.4, -0.2) is 42.3 Å². The summed E-state index contributed by atoms with van der Waals surface area (Å²) in [5.41, 5.74) is -0.529. The molecule has 0 aromatic carbocycles. The topological polar surface area (TPSA) is 112 Å². The molecule has 1 unspecified atom stereocenters. The van der Waals surface area contributed by atoms with Gasteiger partial charge in [0.25, 0.3) is 0 Å². The Morgan fingerprint density at radius 2 is 2.00 bits per heavy atom. The van der Waals surface area contributed by atoms with Gasteiger partial charge in [0.2, 0.25) is 0 Å². The summed E-state index contributed by atoms with van der Waals surface area (Å²) in [6.07, 6.45) is 2.45. The van der Waals surface area contributed by atoms with Gasteiger partial charge in [-0.1, -0.05) is 13.8 Å². The second-order valence-electron chi connectivity index (χ2n) is 9.72. The minimum atomic E-state index is -1.04. The number of hydrogen-bond acceptors (Lipinski definition) is 8. The van der Waals surface area contributed by atoms with Crippen LogP contribution in [0.4, 0.5) is 0 Å². The molecule has 170 valence electrons. The molecule has 8 heteroatoms. The van der Waals surface area contributed by atoms with Crippen molar-refractivity contribution in [2.24, 2.45) is 28.6 Å². The fourth-order valence-electron chi connectivity index (χ4n) is 6.73. The molecule has 2 aliphatic carbocycles. The average Bonchev–Trinajstić information content (AvgIpc) is 3.23. The molecule has 3 fully saturated rings. The quantitative estimate of drug-likeness (QED) is 0.571. The van der Waals surface area contributed by atoms with Gasteiger partial charge in [-0.15, -0.1) is 0 Å². The van der Waals surface area contributed by atoms with E-state index in [1.807, 2.05) is 13.8 Å². The zero-order valence-electron chi connectivity index (χ0n) is 18.3. The molecule has 0 radical (unpaired) electrons. The summed E-state index contributed by atoms with van der Waals surface area (Å²) in [7, 11) is 1.34. The van der Waals surface area contributed by atoms with Crippen molar-refractivity contribution >= 4 is 17.9 Å².